The number of nitrogens with one attached hydrogen (secondary N) is 1. The van der Waals surface area contributed by atoms with Crippen molar-refractivity contribution in [1.29, 1.82) is 0 Å². The highest BCUT2D eigenvalue weighted by Crippen LogP contribution is 2.28. The van der Waals surface area contributed by atoms with E-state index >= 15 is 0 Å². The minimum Gasteiger partial charge on any atom is -0.462 e. The molecule has 6 nitrogen and oxygen atoms in total. The number of hydrogen-bond donors (Lipinski definition) is 1. The minimum absolute atomic E-state index is 0.0248. The number of sulfonamides is 1. The average molecular weight is 376 g/mol. The van der Waals surface area contributed by atoms with Gasteiger partial charge in [-0.05, 0) is 56.3 Å². The normalized spacial score (nSPS) is 18.1. The molecule has 8 heteroatoms. The number of amides is 1. The summed E-state index contributed by atoms with van der Waals surface area (Å²) in [5.74, 6) is 0.899. The van der Waals surface area contributed by atoms with Gasteiger partial charge in [0.15, 0.2) is 5.17 Å². The molecule has 0 spiro atoms. The molecule has 130 valence electrons. The van der Waals surface area contributed by atoms with Gasteiger partial charge in [0.2, 0.25) is 0 Å². The molecule has 0 aliphatic carbocycles. The summed E-state index contributed by atoms with van der Waals surface area (Å²) < 4.78 is 33.9. The highest BCUT2D eigenvalue weighted by molar-refractivity contribution is 8.19. The molecule has 1 aromatic heterocycles. The van der Waals surface area contributed by atoms with E-state index in [4.69, 9.17) is 4.42 Å². The highest BCUT2D eigenvalue weighted by Gasteiger charge is 2.27. The van der Waals surface area contributed by atoms with Gasteiger partial charge in [0.1, 0.15) is 11.5 Å². The molecule has 0 bridgehead atoms. The standard InChI is InChI=1S/C17H16N2O4S2/c1-10-4-6-14(7-5-10)25(21,22)19-17-18-16(20)15(24-17)9-13-8-11(2)12(3)23-13/h4-9H,1-3H3,(H,18,19,20)/b15-9-. The van der Waals surface area contributed by atoms with E-state index in [1.807, 2.05) is 26.8 Å². The molecule has 2 aromatic rings. The van der Waals surface area contributed by atoms with Crippen molar-refractivity contribution >= 4 is 38.9 Å². The third-order valence-electron chi connectivity index (χ3n) is 3.63. The van der Waals surface area contributed by atoms with Crippen LogP contribution in [-0.4, -0.2) is 19.5 Å². The Hall–Kier alpha value is -2.32. The molecule has 1 amide bonds. The number of carbonyl (C=O) groups excluding carboxylic acids is 1. The second-order valence-corrected chi connectivity index (χ2v) is 8.27. The maximum absolute atomic E-state index is 12.3. The first-order valence-electron chi connectivity index (χ1n) is 7.44. The number of aryl methyl sites for hydroxylation is 3. The number of hydrogen-bond acceptors (Lipinski definition) is 5. The highest BCUT2D eigenvalue weighted by atomic mass is 32.2. The van der Waals surface area contributed by atoms with Crippen molar-refractivity contribution in [2.45, 2.75) is 25.7 Å². The predicted octanol–water partition coefficient (Wildman–Crippen LogP) is 3.15. The van der Waals surface area contributed by atoms with Crippen molar-refractivity contribution in [2.24, 2.45) is 4.40 Å². The third-order valence-corrected chi connectivity index (χ3v) is 5.95. The Balaban J connectivity index is 1.86. The summed E-state index contributed by atoms with van der Waals surface area (Å²) in [7, 11) is -3.88. The Morgan fingerprint density at radius 2 is 1.84 bits per heavy atom. The lowest BCUT2D eigenvalue weighted by molar-refractivity contribution is -0.115. The number of benzene rings is 1. The van der Waals surface area contributed by atoms with Gasteiger partial charge in [-0.2, -0.15) is 8.42 Å². The molecule has 0 unspecified atom stereocenters. The summed E-state index contributed by atoms with van der Waals surface area (Å²) in [4.78, 5) is 12.4. The second kappa shape index (κ2) is 6.53. The summed E-state index contributed by atoms with van der Waals surface area (Å²) in [6.45, 7) is 5.61. The summed E-state index contributed by atoms with van der Waals surface area (Å²) in [5.41, 5.74) is 1.93. The molecular formula is C17H16N2O4S2. The van der Waals surface area contributed by atoms with Crippen LogP contribution in [-0.2, 0) is 14.8 Å². The minimum atomic E-state index is -3.88. The van der Waals surface area contributed by atoms with Crippen molar-refractivity contribution in [3.05, 3.63) is 57.9 Å². The maximum atomic E-state index is 12.3. The summed E-state index contributed by atoms with van der Waals surface area (Å²) >= 11 is 0.965. The molecule has 25 heavy (non-hydrogen) atoms. The second-order valence-electron chi connectivity index (χ2n) is 5.64. The molecule has 1 N–H and O–H groups in total. The van der Waals surface area contributed by atoms with E-state index in [0.29, 0.717) is 10.7 Å². The van der Waals surface area contributed by atoms with Crippen molar-refractivity contribution in [1.82, 2.24) is 5.32 Å². The fourth-order valence-corrected chi connectivity index (χ4v) is 4.11. The van der Waals surface area contributed by atoms with Crippen LogP contribution in [0.3, 0.4) is 0 Å². The topological polar surface area (TPSA) is 88.7 Å². The van der Waals surface area contributed by atoms with E-state index < -0.39 is 15.9 Å². The van der Waals surface area contributed by atoms with E-state index in [9.17, 15) is 13.2 Å². The lowest BCUT2D eigenvalue weighted by Crippen LogP contribution is -2.20. The number of amidine groups is 1. The Bertz CT molecular complexity index is 980. The molecule has 0 radical (unpaired) electrons. The van der Waals surface area contributed by atoms with Crippen molar-refractivity contribution in [2.75, 3.05) is 0 Å². The Kier molecular flexibility index (Phi) is 4.57. The Morgan fingerprint density at radius 3 is 2.44 bits per heavy atom. The maximum Gasteiger partial charge on any atom is 0.284 e. The zero-order valence-corrected chi connectivity index (χ0v) is 15.5. The van der Waals surface area contributed by atoms with Crippen LogP contribution in [0, 0.1) is 20.8 Å². The molecule has 3 rings (SSSR count). The number of carbonyl (C=O) groups is 1. The Morgan fingerprint density at radius 1 is 1.16 bits per heavy atom. The van der Waals surface area contributed by atoms with Crippen LogP contribution >= 0.6 is 11.8 Å². The SMILES string of the molecule is Cc1ccc(S(=O)(=O)N=C2NC(=O)/C(=C/c3cc(C)c(C)o3)S2)cc1. The summed E-state index contributed by atoms with van der Waals surface area (Å²) in [5, 5.41) is 2.49. The molecule has 0 atom stereocenters. The molecule has 1 aliphatic rings. The lowest BCUT2D eigenvalue weighted by atomic mass is 10.2. The molecular weight excluding hydrogens is 360 g/mol. The van der Waals surface area contributed by atoms with E-state index in [2.05, 4.69) is 9.71 Å². The number of rotatable bonds is 3. The fourth-order valence-electron chi connectivity index (χ4n) is 2.15. The third kappa shape index (κ3) is 3.85. The molecule has 0 saturated carbocycles. The van der Waals surface area contributed by atoms with Crippen LogP contribution in [0.4, 0.5) is 0 Å². The van der Waals surface area contributed by atoms with Gasteiger partial charge in [0.25, 0.3) is 15.9 Å². The van der Waals surface area contributed by atoms with E-state index in [1.54, 1.807) is 18.2 Å². The van der Waals surface area contributed by atoms with Gasteiger partial charge in [0.05, 0.1) is 9.80 Å². The number of thioether (sulfide) groups is 1. The molecule has 2 heterocycles. The average Bonchev–Trinajstić information content (AvgIpc) is 3.01. The van der Waals surface area contributed by atoms with Gasteiger partial charge in [-0.25, -0.2) is 0 Å². The molecule has 1 aliphatic heterocycles. The first-order valence-corrected chi connectivity index (χ1v) is 9.70. The number of nitrogens with zero attached hydrogens (tertiary/aromatic N) is 1. The summed E-state index contributed by atoms with van der Waals surface area (Å²) in [6, 6.07) is 8.18. The van der Waals surface area contributed by atoms with Crippen molar-refractivity contribution in [3.63, 3.8) is 0 Å². The first-order chi connectivity index (χ1) is 11.7. The van der Waals surface area contributed by atoms with Crippen molar-refractivity contribution < 1.29 is 17.6 Å². The Labute approximate surface area is 150 Å². The molecule has 1 saturated heterocycles. The van der Waals surface area contributed by atoms with Gasteiger partial charge in [0, 0.05) is 6.08 Å². The molecule has 1 aromatic carbocycles. The van der Waals surface area contributed by atoms with Crippen LogP contribution < -0.4 is 5.32 Å². The van der Waals surface area contributed by atoms with Crippen LogP contribution in [0.15, 0.2) is 48.9 Å². The van der Waals surface area contributed by atoms with E-state index in [1.165, 1.54) is 12.1 Å². The van der Waals surface area contributed by atoms with Gasteiger partial charge in [-0.3, -0.25) is 10.1 Å². The van der Waals surface area contributed by atoms with Crippen LogP contribution in [0.5, 0.6) is 0 Å². The zero-order chi connectivity index (χ0) is 18.2. The zero-order valence-electron chi connectivity index (χ0n) is 13.9. The predicted molar refractivity (Wildman–Crippen MR) is 97.7 cm³/mol. The van der Waals surface area contributed by atoms with Crippen molar-refractivity contribution in [3.8, 4) is 0 Å². The number of furan rings is 1. The fraction of sp³-hybridized carbons (Fsp3) is 0.176. The monoisotopic (exact) mass is 376 g/mol. The summed E-state index contributed by atoms with van der Waals surface area (Å²) in [6.07, 6.45) is 1.57. The van der Waals surface area contributed by atoms with E-state index in [-0.39, 0.29) is 10.1 Å². The van der Waals surface area contributed by atoms with E-state index in [0.717, 1.165) is 28.6 Å². The largest absolute Gasteiger partial charge is 0.462 e. The quantitative estimate of drug-likeness (QED) is 0.831. The van der Waals surface area contributed by atoms with Crippen LogP contribution in [0.25, 0.3) is 6.08 Å². The van der Waals surface area contributed by atoms with Crippen LogP contribution in [0.1, 0.15) is 22.6 Å². The van der Waals surface area contributed by atoms with Gasteiger partial charge in [-0.1, -0.05) is 17.7 Å². The van der Waals surface area contributed by atoms with Gasteiger partial charge >= 0.3 is 0 Å². The smallest absolute Gasteiger partial charge is 0.284 e. The van der Waals surface area contributed by atoms with Gasteiger partial charge in [-0.15, -0.1) is 4.40 Å². The molecule has 1 fully saturated rings. The van der Waals surface area contributed by atoms with Crippen LogP contribution in [0.2, 0.25) is 0 Å². The van der Waals surface area contributed by atoms with Gasteiger partial charge < -0.3 is 4.42 Å². The first kappa shape index (κ1) is 17.5. The lowest BCUT2D eigenvalue weighted by Gasteiger charge is -2.00.